The highest BCUT2D eigenvalue weighted by atomic mass is 16.2. The zero-order valence-corrected chi connectivity index (χ0v) is 9.10. The summed E-state index contributed by atoms with van der Waals surface area (Å²) in [5, 5.41) is 2.26. The van der Waals surface area contributed by atoms with Gasteiger partial charge in [-0.05, 0) is 18.1 Å². The van der Waals surface area contributed by atoms with Crippen LogP contribution in [0.2, 0.25) is 0 Å². The highest BCUT2D eigenvalue weighted by Gasteiger charge is 2.30. The quantitative estimate of drug-likeness (QED) is 0.719. The van der Waals surface area contributed by atoms with Crippen LogP contribution in [0.15, 0.2) is 24.3 Å². The van der Waals surface area contributed by atoms with E-state index in [1.807, 2.05) is 0 Å². The molecule has 3 N–H and O–H groups in total. The molecule has 17 heavy (non-hydrogen) atoms. The van der Waals surface area contributed by atoms with Crippen molar-refractivity contribution in [3.8, 4) is 0 Å². The fourth-order valence-corrected chi connectivity index (χ4v) is 2.02. The summed E-state index contributed by atoms with van der Waals surface area (Å²) in [6.45, 7) is 0. The van der Waals surface area contributed by atoms with Gasteiger partial charge in [0, 0.05) is 12.0 Å². The minimum absolute atomic E-state index is 0.275. The Balaban J connectivity index is 2.37. The third-order valence-electron chi connectivity index (χ3n) is 2.84. The molecule has 1 aliphatic heterocycles. The summed E-state index contributed by atoms with van der Waals surface area (Å²) in [7, 11) is 0. The van der Waals surface area contributed by atoms with E-state index in [-0.39, 0.29) is 18.2 Å². The van der Waals surface area contributed by atoms with Gasteiger partial charge >= 0.3 is 0 Å². The van der Waals surface area contributed by atoms with E-state index in [9.17, 15) is 14.4 Å². The normalized spacial score (nSPS) is 19.9. The van der Waals surface area contributed by atoms with E-state index >= 15 is 0 Å². The number of amides is 3. The maximum absolute atomic E-state index is 11.7. The molecule has 0 aliphatic carbocycles. The summed E-state index contributed by atoms with van der Waals surface area (Å²) in [6, 6.07) is 6.71. The Kier molecular flexibility index (Phi) is 2.91. The van der Waals surface area contributed by atoms with E-state index in [1.54, 1.807) is 24.3 Å². The molecule has 1 fully saturated rings. The molecule has 0 radical (unpaired) electrons. The van der Waals surface area contributed by atoms with Crippen molar-refractivity contribution in [1.82, 2.24) is 5.32 Å². The van der Waals surface area contributed by atoms with Crippen LogP contribution in [0.25, 0.3) is 0 Å². The van der Waals surface area contributed by atoms with Crippen LogP contribution >= 0.6 is 0 Å². The molecular formula is C12H12N2O3. The Morgan fingerprint density at radius 3 is 2.65 bits per heavy atom. The van der Waals surface area contributed by atoms with E-state index in [1.165, 1.54) is 0 Å². The number of primary amides is 1. The maximum Gasteiger partial charge on any atom is 0.249 e. The summed E-state index contributed by atoms with van der Waals surface area (Å²) in [6.07, 6.45) is 0.693. The monoisotopic (exact) mass is 232 g/mol. The lowest BCUT2D eigenvalue weighted by Crippen LogP contribution is -2.40. The van der Waals surface area contributed by atoms with Crippen molar-refractivity contribution in [1.29, 1.82) is 0 Å². The summed E-state index contributed by atoms with van der Waals surface area (Å²) in [5.74, 6) is -1.68. The standard InChI is InChI=1S/C12H12N2O3/c13-11(16)8-4-2-1-3-7(8)9-5-6-10(15)14-12(9)17/h1-4,9H,5-6H2,(H2,13,16)(H,14,15,17). The van der Waals surface area contributed by atoms with E-state index < -0.39 is 11.8 Å². The highest BCUT2D eigenvalue weighted by molar-refractivity contribution is 6.03. The van der Waals surface area contributed by atoms with Crippen molar-refractivity contribution in [3.63, 3.8) is 0 Å². The number of hydrogen-bond acceptors (Lipinski definition) is 3. The maximum atomic E-state index is 11.7. The van der Waals surface area contributed by atoms with Gasteiger partial charge in [0.25, 0.3) is 0 Å². The van der Waals surface area contributed by atoms with Crippen LogP contribution in [0.4, 0.5) is 0 Å². The molecule has 0 bridgehead atoms. The Labute approximate surface area is 98.0 Å². The second-order valence-electron chi connectivity index (χ2n) is 3.96. The van der Waals surface area contributed by atoms with Crippen molar-refractivity contribution in [2.75, 3.05) is 0 Å². The average Bonchev–Trinajstić information content (AvgIpc) is 2.29. The van der Waals surface area contributed by atoms with Crippen LogP contribution in [0.5, 0.6) is 0 Å². The lowest BCUT2D eigenvalue weighted by molar-refractivity contribution is -0.134. The van der Waals surface area contributed by atoms with Crippen LogP contribution in [-0.4, -0.2) is 17.7 Å². The van der Waals surface area contributed by atoms with Gasteiger partial charge in [-0.2, -0.15) is 0 Å². The van der Waals surface area contributed by atoms with Crippen LogP contribution < -0.4 is 11.1 Å². The second-order valence-corrected chi connectivity index (χ2v) is 3.96. The predicted molar refractivity (Wildman–Crippen MR) is 60.1 cm³/mol. The molecule has 2 rings (SSSR count). The van der Waals surface area contributed by atoms with Gasteiger partial charge in [-0.1, -0.05) is 18.2 Å². The van der Waals surface area contributed by atoms with E-state index in [0.29, 0.717) is 17.5 Å². The number of benzene rings is 1. The lowest BCUT2D eigenvalue weighted by Gasteiger charge is -2.22. The Morgan fingerprint density at radius 2 is 2.00 bits per heavy atom. The van der Waals surface area contributed by atoms with Gasteiger partial charge in [0.15, 0.2) is 0 Å². The summed E-state index contributed by atoms with van der Waals surface area (Å²) < 4.78 is 0. The Morgan fingerprint density at radius 1 is 1.29 bits per heavy atom. The topological polar surface area (TPSA) is 89.3 Å². The number of hydrogen-bond donors (Lipinski definition) is 2. The van der Waals surface area contributed by atoms with Crippen LogP contribution in [0.1, 0.15) is 34.7 Å². The summed E-state index contributed by atoms with van der Waals surface area (Å²) >= 11 is 0. The van der Waals surface area contributed by atoms with Crippen LogP contribution in [-0.2, 0) is 9.59 Å². The minimum Gasteiger partial charge on any atom is -0.366 e. The van der Waals surface area contributed by atoms with E-state index in [0.717, 1.165) is 0 Å². The van der Waals surface area contributed by atoms with Gasteiger partial charge in [-0.15, -0.1) is 0 Å². The van der Waals surface area contributed by atoms with Gasteiger partial charge in [0.1, 0.15) is 0 Å². The average molecular weight is 232 g/mol. The number of rotatable bonds is 2. The number of imide groups is 1. The fraction of sp³-hybridized carbons (Fsp3) is 0.250. The molecule has 0 aromatic heterocycles. The predicted octanol–water partition coefficient (Wildman–Crippen LogP) is 0.306. The molecule has 0 spiro atoms. The first kappa shape index (κ1) is 11.3. The van der Waals surface area contributed by atoms with Crippen molar-refractivity contribution >= 4 is 17.7 Å². The first-order valence-corrected chi connectivity index (χ1v) is 5.32. The molecule has 1 heterocycles. The van der Waals surface area contributed by atoms with Gasteiger partial charge < -0.3 is 5.73 Å². The molecule has 1 atom stereocenters. The summed E-state index contributed by atoms with van der Waals surface area (Å²) in [4.78, 5) is 34.0. The highest BCUT2D eigenvalue weighted by Crippen LogP contribution is 2.27. The van der Waals surface area contributed by atoms with Gasteiger partial charge in [0.2, 0.25) is 17.7 Å². The largest absolute Gasteiger partial charge is 0.366 e. The zero-order chi connectivity index (χ0) is 12.4. The number of nitrogens with two attached hydrogens (primary N) is 1. The first-order valence-electron chi connectivity index (χ1n) is 5.32. The molecule has 0 saturated carbocycles. The van der Waals surface area contributed by atoms with Crippen molar-refractivity contribution < 1.29 is 14.4 Å². The minimum atomic E-state index is -0.565. The number of nitrogens with one attached hydrogen (secondary N) is 1. The molecule has 1 aliphatic rings. The van der Waals surface area contributed by atoms with Crippen molar-refractivity contribution in [3.05, 3.63) is 35.4 Å². The molecule has 88 valence electrons. The number of piperidine rings is 1. The first-order chi connectivity index (χ1) is 8.09. The van der Waals surface area contributed by atoms with E-state index in [4.69, 9.17) is 5.73 Å². The van der Waals surface area contributed by atoms with Crippen molar-refractivity contribution in [2.45, 2.75) is 18.8 Å². The Hall–Kier alpha value is -2.17. The molecule has 3 amide bonds. The third kappa shape index (κ3) is 2.18. The number of carbonyl (C=O) groups is 3. The third-order valence-corrected chi connectivity index (χ3v) is 2.84. The molecule has 5 nitrogen and oxygen atoms in total. The molecular weight excluding hydrogens is 220 g/mol. The molecule has 1 aromatic carbocycles. The second kappa shape index (κ2) is 4.37. The fourth-order valence-electron chi connectivity index (χ4n) is 2.02. The van der Waals surface area contributed by atoms with E-state index in [2.05, 4.69) is 5.32 Å². The smallest absolute Gasteiger partial charge is 0.249 e. The van der Waals surface area contributed by atoms with Crippen molar-refractivity contribution in [2.24, 2.45) is 5.73 Å². The van der Waals surface area contributed by atoms with Gasteiger partial charge in [-0.3, -0.25) is 19.7 Å². The summed E-state index contributed by atoms with van der Waals surface area (Å²) in [5.41, 5.74) is 6.18. The van der Waals surface area contributed by atoms with Crippen LogP contribution in [0.3, 0.4) is 0 Å². The van der Waals surface area contributed by atoms with Crippen LogP contribution in [0, 0.1) is 0 Å². The lowest BCUT2D eigenvalue weighted by atomic mass is 9.87. The Bertz CT molecular complexity index is 496. The van der Waals surface area contributed by atoms with Gasteiger partial charge in [-0.25, -0.2) is 0 Å². The SMILES string of the molecule is NC(=O)c1ccccc1C1CCC(=O)NC1=O. The molecule has 1 aromatic rings. The van der Waals surface area contributed by atoms with Gasteiger partial charge in [0.05, 0.1) is 5.92 Å². The molecule has 1 unspecified atom stereocenters. The number of carbonyl (C=O) groups excluding carboxylic acids is 3. The zero-order valence-electron chi connectivity index (χ0n) is 9.10. The molecule has 1 saturated heterocycles. The molecule has 5 heteroatoms.